The number of halogens is 3. The maximum Gasteiger partial charge on any atom is 0.510 e. The van der Waals surface area contributed by atoms with Gasteiger partial charge in [-0.05, 0) is 34.6 Å². The zero-order chi connectivity index (χ0) is 20.3. The summed E-state index contributed by atoms with van der Waals surface area (Å²) in [5.41, 5.74) is -2.57. The molecule has 1 atom stereocenters. The maximum atomic E-state index is 12.5. The van der Waals surface area contributed by atoms with Crippen LogP contribution >= 0.6 is 42.4 Å². The molecule has 0 heterocycles. The minimum absolute atomic E-state index is 0.953. The predicted molar refractivity (Wildman–Crippen MR) is 93.2 cm³/mol. The molecule has 0 aliphatic heterocycles. The maximum absolute atomic E-state index is 12.5. The van der Waals surface area contributed by atoms with Crippen molar-refractivity contribution in [1.29, 1.82) is 0 Å². The van der Waals surface area contributed by atoms with Crippen LogP contribution in [0.25, 0.3) is 0 Å². The van der Waals surface area contributed by atoms with Crippen molar-refractivity contribution < 1.29 is 37.4 Å². The lowest BCUT2D eigenvalue weighted by Crippen LogP contribution is -2.43. The summed E-state index contributed by atoms with van der Waals surface area (Å²) in [6.45, 7) is 7.30. The second kappa shape index (κ2) is 8.63. The first-order valence-corrected chi connectivity index (χ1v) is 9.64. The van der Waals surface area contributed by atoms with E-state index >= 15 is 0 Å². The first-order chi connectivity index (χ1) is 11.0. The summed E-state index contributed by atoms with van der Waals surface area (Å²) >= 11 is 17.1. The lowest BCUT2D eigenvalue weighted by molar-refractivity contribution is -0.163. The van der Waals surface area contributed by atoms with Crippen LogP contribution < -0.4 is 0 Å². The van der Waals surface area contributed by atoms with Gasteiger partial charge in [0.05, 0.1) is 0 Å². The molecule has 0 aliphatic rings. The second-order valence-corrected chi connectivity index (χ2v) is 10.8. The highest BCUT2D eigenvalue weighted by Gasteiger charge is 2.49. The van der Waals surface area contributed by atoms with Crippen molar-refractivity contribution in [3.8, 4) is 0 Å². The largest absolute Gasteiger partial charge is 0.510 e. The lowest BCUT2D eigenvalue weighted by Gasteiger charge is -2.32. The Morgan fingerprint density at radius 1 is 0.920 bits per heavy atom. The number of hydrogen-bond acceptors (Lipinski definition) is 8. The minimum atomic E-state index is -4.19. The molecule has 148 valence electrons. The fraction of sp³-hybridized carbons (Fsp3) is 0.846. The molecule has 0 rings (SSSR count). The molecule has 0 aromatic carbocycles. The van der Waals surface area contributed by atoms with Crippen molar-refractivity contribution in [2.45, 2.75) is 55.5 Å². The Morgan fingerprint density at radius 2 is 1.36 bits per heavy atom. The smallest absolute Gasteiger partial charge is 0.457 e. The molecule has 0 aromatic rings. The van der Waals surface area contributed by atoms with Crippen LogP contribution in [0.1, 0.15) is 34.6 Å². The van der Waals surface area contributed by atoms with Crippen LogP contribution in [-0.4, -0.2) is 47.2 Å². The molecule has 0 aromatic heterocycles. The van der Waals surface area contributed by atoms with Gasteiger partial charge in [0.25, 0.3) is 0 Å². The Labute approximate surface area is 161 Å². The summed E-state index contributed by atoms with van der Waals surface area (Å²) in [5, 5.41) is 0. The average molecular weight is 444 g/mol. The van der Waals surface area contributed by atoms with E-state index in [0.717, 1.165) is 14.2 Å². The van der Waals surface area contributed by atoms with Gasteiger partial charge in [0.15, 0.2) is 5.60 Å². The molecule has 0 N–H and O–H groups in total. The molecule has 0 bridgehead atoms. The van der Waals surface area contributed by atoms with Crippen molar-refractivity contribution in [3.63, 3.8) is 0 Å². The van der Waals surface area contributed by atoms with Crippen molar-refractivity contribution in [3.05, 3.63) is 0 Å². The Balaban J connectivity index is 5.49. The van der Waals surface area contributed by atoms with E-state index in [1.165, 1.54) is 13.8 Å². The van der Waals surface area contributed by atoms with Gasteiger partial charge in [-0.25, -0.2) is 9.59 Å². The summed E-state index contributed by atoms with van der Waals surface area (Å²) < 4.78 is 34.7. The molecular weight excluding hydrogens is 421 g/mol. The van der Waals surface area contributed by atoms with E-state index in [2.05, 4.69) is 0 Å². The van der Waals surface area contributed by atoms with Gasteiger partial charge in [0.1, 0.15) is 5.60 Å². The third-order valence-electron chi connectivity index (χ3n) is 2.63. The lowest BCUT2D eigenvalue weighted by atomic mass is 10.2. The number of carbonyl (C=O) groups is 2. The number of ether oxygens (including phenoxy) is 3. The summed E-state index contributed by atoms with van der Waals surface area (Å²) in [6, 6.07) is 0. The highest BCUT2D eigenvalue weighted by molar-refractivity contribution is 7.55. The number of alkyl halides is 3. The van der Waals surface area contributed by atoms with Crippen molar-refractivity contribution in [2.75, 3.05) is 14.2 Å². The molecule has 12 heteroatoms. The fourth-order valence-electron chi connectivity index (χ4n) is 1.24. The average Bonchev–Trinajstić information content (AvgIpc) is 2.40. The van der Waals surface area contributed by atoms with Gasteiger partial charge in [-0.15, -0.1) is 0 Å². The van der Waals surface area contributed by atoms with E-state index in [1.807, 2.05) is 0 Å². The number of esters is 1. The first-order valence-electron chi connectivity index (χ1n) is 6.89. The standard InChI is InChI=1S/C13H22Cl3O8P/c1-11(2,3)23-8(17)9(25(19,20-6)21-7)22-10(18)24-12(4,5)13(14,15)16/h9H,1-7H3. The van der Waals surface area contributed by atoms with Crippen LogP contribution in [0.15, 0.2) is 0 Å². The molecule has 8 nitrogen and oxygen atoms in total. The van der Waals surface area contributed by atoms with Crippen LogP contribution in [0, 0.1) is 0 Å². The Hall–Kier alpha value is -0.240. The molecule has 0 fully saturated rings. The van der Waals surface area contributed by atoms with E-state index in [0.29, 0.717) is 0 Å². The van der Waals surface area contributed by atoms with E-state index in [-0.39, 0.29) is 0 Å². The Bertz CT molecular complexity index is 530. The highest BCUT2D eigenvalue weighted by atomic mass is 35.6. The zero-order valence-corrected chi connectivity index (χ0v) is 18.1. The van der Waals surface area contributed by atoms with Crippen LogP contribution in [0.5, 0.6) is 0 Å². The van der Waals surface area contributed by atoms with Crippen molar-refractivity contribution in [2.24, 2.45) is 0 Å². The third kappa shape index (κ3) is 7.49. The number of rotatable bonds is 6. The monoisotopic (exact) mass is 442 g/mol. The van der Waals surface area contributed by atoms with Crippen LogP contribution in [0.2, 0.25) is 0 Å². The van der Waals surface area contributed by atoms with Gasteiger partial charge < -0.3 is 23.3 Å². The SMILES string of the molecule is COP(=O)(OC)C(OC(=O)OC(C)(C)C(Cl)(Cl)Cl)C(=O)OC(C)(C)C. The Morgan fingerprint density at radius 3 is 1.68 bits per heavy atom. The molecule has 0 aliphatic carbocycles. The normalized spacial score (nSPS) is 14.6. The molecule has 25 heavy (non-hydrogen) atoms. The van der Waals surface area contributed by atoms with Crippen LogP contribution in [0.4, 0.5) is 4.79 Å². The third-order valence-corrected chi connectivity index (χ3v) is 5.91. The van der Waals surface area contributed by atoms with Gasteiger partial charge in [-0.2, -0.15) is 0 Å². The molecule has 1 unspecified atom stereocenters. The van der Waals surface area contributed by atoms with Gasteiger partial charge in [-0.3, -0.25) is 4.57 Å². The van der Waals surface area contributed by atoms with Crippen molar-refractivity contribution in [1.82, 2.24) is 0 Å². The van der Waals surface area contributed by atoms with E-state index in [4.69, 9.17) is 58.1 Å². The Kier molecular flexibility index (Phi) is 8.55. The van der Waals surface area contributed by atoms with Gasteiger partial charge in [-0.1, -0.05) is 34.8 Å². The van der Waals surface area contributed by atoms with E-state index in [1.54, 1.807) is 20.8 Å². The minimum Gasteiger partial charge on any atom is -0.457 e. The van der Waals surface area contributed by atoms with Gasteiger partial charge in [0.2, 0.25) is 3.79 Å². The van der Waals surface area contributed by atoms with Gasteiger partial charge in [0, 0.05) is 14.2 Å². The quantitative estimate of drug-likeness (QED) is 0.337. The number of carbonyl (C=O) groups excluding carboxylic acids is 2. The van der Waals surface area contributed by atoms with Crippen LogP contribution in [-0.2, 0) is 32.6 Å². The summed E-state index contributed by atoms with van der Waals surface area (Å²) in [7, 11) is -2.16. The summed E-state index contributed by atoms with van der Waals surface area (Å²) in [5.74, 6) is -3.18. The van der Waals surface area contributed by atoms with E-state index < -0.39 is 40.6 Å². The molecule has 0 amide bonds. The molecule has 0 spiro atoms. The molecule has 0 radical (unpaired) electrons. The molecular formula is C13H22Cl3O8P. The van der Waals surface area contributed by atoms with Crippen molar-refractivity contribution >= 4 is 54.5 Å². The molecule has 0 saturated heterocycles. The summed E-state index contributed by atoms with van der Waals surface area (Å²) in [4.78, 5) is 24.3. The number of hydrogen-bond donors (Lipinski definition) is 0. The van der Waals surface area contributed by atoms with Crippen LogP contribution in [0.3, 0.4) is 0 Å². The fourth-order valence-corrected chi connectivity index (χ4v) is 2.42. The van der Waals surface area contributed by atoms with E-state index in [9.17, 15) is 14.2 Å². The molecule has 0 saturated carbocycles. The van der Waals surface area contributed by atoms with Gasteiger partial charge >= 0.3 is 25.6 Å². The topological polar surface area (TPSA) is 97.4 Å². The summed E-state index contributed by atoms with van der Waals surface area (Å²) in [6.07, 6.45) is -1.43. The predicted octanol–water partition coefficient (Wildman–Crippen LogP) is 4.44. The first kappa shape index (κ1) is 24.8. The zero-order valence-electron chi connectivity index (χ0n) is 14.9. The highest BCUT2D eigenvalue weighted by Crippen LogP contribution is 2.53. The second-order valence-electron chi connectivity index (χ2n) is 6.27.